The summed E-state index contributed by atoms with van der Waals surface area (Å²) in [6.07, 6.45) is -4.48. The average molecular weight is 418 g/mol. The Labute approximate surface area is 151 Å². The molecule has 8 heteroatoms. The van der Waals surface area contributed by atoms with Gasteiger partial charge in [-0.3, -0.25) is 4.79 Å². The number of anilines is 1. The lowest BCUT2D eigenvalue weighted by atomic mass is 10.1. The van der Waals surface area contributed by atoms with E-state index in [0.29, 0.717) is 22.6 Å². The molecular weight excluding hydrogens is 403 g/mol. The van der Waals surface area contributed by atoms with Crippen molar-refractivity contribution < 1.29 is 27.4 Å². The number of halogens is 4. The number of carbonyl (C=O) groups is 1. The molecule has 0 aliphatic rings. The van der Waals surface area contributed by atoms with Crippen molar-refractivity contribution in [3.63, 3.8) is 0 Å². The normalized spacial score (nSPS) is 11.1. The van der Waals surface area contributed by atoms with Crippen molar-refractivity contribution in [1.82, 2.24) is 0 Å². The van der Waals surface area contributed by atoms with E-state index in [1.807, 2.05) is 0 Å². The quantitative estimate of drug-likeness (QED) is 0.733. The Morgan fingerprint density at radius 1 is 1.24 bits per heavy atom. The second kappa shape index (κ2) is 7.77. The highest BCUT2D eigenvalue weighted by atomic mass is 79.9. The molecule has 0 heterocycles. The van der Waals surface area contributed by atoms with Crippen molar-refractivity contribution in [2.75, 3.05) is 19.0 Å². The Morgan fingerprint density at radius 3 is 2.56 bits per heavy atom. The lowest BCUT2D eigenvalue weighted by molar-refractivity contribution is -0.137. The lowest BCUT2D eigenvalue weighted by Crippen LogP contribution is -2.13. The Bertz CT molecular complexity index is 778. The molecule has 0 bridgehead atoms. The molecule has 134 valence electrons. The van der Waals surface area contributed by atoms with Gasteiger partial charge in [0.25, 0.3) is 5.91 Å². The lowest BCUT2D eigenvalue weighted by Gasteiger charge is -2.14. The second-order valence-electron chi connectivity index (χ2n) is 4.96. The van der Waals surface area contributed by atoms with E-state index in [0.717, 1.165) is 12.1 Å². The first-order valence-corrected chi connectivity index (χ1v) is 8.04. The van der Waals surface area contributed by atoms with Gasteiger partial charge in [0.1, 0.15) is 0 Å². The molecule has 0 aromatic heterocycles. The molecule has 1 N–H and O–H groups in total. The number of amides is 1. The molecule has 4 nitrogen and oxygen atoms in total. The minimum Gasteiger partial charge on any atom is -0.493 e. The fourth-order valence-electron chi connectivity index (χ4n) is 2.11. The van der Waals surface area contributed by atoms with Crippen LogP contribution in [0, 0.1) is 0 Å². The van der Waals surface area contributed by atoms with Crippen molar-refractivity contribution in [2.45, 2.75) is 13.1 Å². The van der Waals surface area contributed by atoms with Crippen LogP contribution in [0.4, 0.5) is 18.9 Å². The number of rotatable bonds is 5. The number of alkyl halides is 3. The van der Waals surface area contributed by atoms with Gasteiger partial charge < -0.3 is 14.8 Å². The number of methoxy groups -OCH3 is 1. The van der Waals surface area contributed by atoms with E-state index in [9.17, 15) is 18.0 Å². The predicted octanol–water partition coefficient (Wildman–Crippen LogP) is 5.13. The summed E-state index contributed by atoms with van der Waals surface area (Å²) in [4.78, 5) is 12.4. The topological polar surface area (TPSA) is 47.6 Å². The summed E-state index contributed by atoms with van der Waals surface area (Å²) in [5.41, 5.74) is -0.579. The predicted molar refractivity (Wildman–Crippen MR) is 91.3 cm³/mol. The van der Waals surface area contributed by atoms with Crippen LogP contribution in [0.3, 0.4) is 0 Å². The Hall–Kier alpha value is -2.22. The first-order valence-electron chi connectivity index (χ1n) is 7.25. The highest BCUT2D eigenvalue weighted by Crippen LogP contribution is 2.37. The van der Waals surface area contributed by atoms with Gasteiger partial charge in [-0.1, -0.05) is 6.07 Å². The van der Waals surface area contributed by atoms with E-state index >= 15 is 0 Å². The van der Waals surface area contributed by atoms with Crippen LogP contribution >= 0.6 is 15.9 Å². The Balaban J connectivity index is 2.28. The zero-order valence-corrected chi connectivity index (χ0v) is 15.0. The van der Waals surface area contributed by atoms with Gasteiger partial charge in [0.2, 0.25) is 0 Å². The van der Waals surface area contributed by atoms with Gasteiger partial charge in [0.15, 0.2) is 11.5 Å². The zero-order chi connectivity index (χ0) is 18.6. The van der Waals surface area contributed by atoms with Gasteiger partial charge in [-0.25, -0.2) is 0 Å². The third-order valence-electron chi connectivity index (χ3n) is 3.23. The van der Waals surface area contributed by atoms with E-state index in [-0.39, 0.29) is 11.3 Å². The van der Waals surface area contributed by atoms with Crippen molar-refractivity contribution in [1.29, 1.82) is 0 Å². The van der Waals surface area contributed by atoms with Crippen molar-refractivity contribution in [3.05, 3.63) is 52.0 Å². The summed E-state index contributed by atoms with van der Waals surface area (Å²) < 4.78 is 49.4. The highest BCUT2D eigenvalue weighted by Gasteiger charge is 2.30. The van der Waals surface area contributed by atoms with Crippen LogP contribution in [0.15, 0.2) is 40.9 Å². The molecule has 2 aromatic carbocycles. The minimum absolute atomic E-state index is 0.0452. The summed E-state index contributed by atoms with van der Waals surface area (Å²) in [5.74, 6) is 0.215. The molecule has 2 aromatic rings. The Morgan fingerprint density at radius 2 is 1.96 bits per heavy atom. The molecule has 0 saturated heterocycles. The minimum atomic E-state index is -4.48. The third-order valence-corrected chi connectivity index (χ3v) is 3.82. The number of nitrogens with one attached hydrogen (secondary N) is 1. The summed E-state index contributed by atoms with van der Waals surface area (Å²) in [7, 11) is 1.43. The molecule has 0 saturated carbocycles. The first kappa shape index (κ1) is 19.1. The van der Waals surface area contributed by atoms with Crippen LogP contribution in [-0.4, -0.2) is 19.6 Å². The molecule has 0 radical (unpaired) electrons. The number of carbonyl (C=O) groups excluding carboxylic acids is 1. The smallest absolute Gasteiger partial charge is 0.416 e. The molecule has 0 fully saturated rings. The maximum atomic E-state index is 12.7. The summed E-state index contributed by atoms with van der Waals surface area (Å²) in [6.45, 7) is 2.21. The first-order chi connectivity index (χ1) is 11.8. The molecule has 0 aliphatic carbocycles. The number of benzene rings is 2. The van der Waals surface area contributed by atoms with E-state index in [4.69, 9.17) is 9.47 Å². The monoisotopic (exact) mass is 417 g/mol. The van der Waals surface area contributed by atoms with Gasteiger partial charge in [-0.05, 0) is 53.2 Å². The van der Waals surface area contributed by atoms with Crippen LogP contribution < -0.4 is 14.8 Å². The Kier molecular flexibility index (Phi) is 5.94. The summed E-state index contributed by atoms with van der Waals surface area (Å²) in [6, 6.07) is 7.39. The van der Waals surface area contributed by atoms with E-state index < -0.39 is 17.6 Å². The van der Waals surface area contributed by atoms with E-state index in [1.165, 1.54) is 31.4 Å². The fourth-order valence-corrected chi connectivity index (χ4v) is 2.67. The SMILES string of the molecule is CCOc1c(Br)cc(C(=O)Nc2cccc(C(F)(F)F)c2)cc1OC. The second-order valence-corrected chi connectivity index (χ2v) is 5.81. The van der Waals surface area contributed by atoms with Gasteiger partial charge in [0, 0.05) is 11.3 Å². The third kappa shape index (κ3) is 4.66. The number of ether oxygens (including phenoxy) is 2. The molecule has 0 aliphatic heterocycles. The van der Waals surface area contributed by atoms with Crippen LogP contribution in [0.1, 0.15) is 22.8 Å². The number of hydrogen-bond acceptors (Lipinski definition) is 3. The zero-order valence-electron chi connectivity index (χ0n) is 13.4. The summed E-state index contributed by atoms with van der Waals surface area (Å²) in [5, 5.41) is 2.44. The fraction of sp³-hybridized carbons (Fsp3) is 0.235. The molecule has 1 amide bonds. The largest absolute Gasteiger partial charge is 0.493 e. The van der Waals surface area contributed by atoms with Gasteiger partial charge >= 0.3 is 6.18 Å². The number of hydrogen-bond donors (Lipinski definition) is 1. The van der Waals surface area contributed by atoms with Crippen LogP contribution in [-0.2, 0) is 6.18 Å². The van der Waals surface area contributed by atoms with Gasteiger partial charge in [-0.2, -0.15) is 13.2 Å². The van der Waals surface area contributed by atoms with Crippen LogP contribution in [0.2, 0.25) is 0 Å². The molecule has 25 heavy (non-hydrogen) atoms. The van der Waals surface area contributed by atoms with Crippen molar-refractivity contribution in [3.8, 4) is 11.5 Å². The summed E-state index contributed by atoms with van der Waals surface area (Å²) >= 11 is 3.30. The van der Waals surface area contributed by atoms with Crippen molar-refractivity contribution >= 4 is 27.5 Å². The molecule has 0 unspecified atom stereocenters. The van der Waals surface area contributed by atoms with E-state index in [1.54, 1.807) is 6.92 Å². The van der Waals surface area contributed by atoms with E-state index in [2.05, 4.69) is 21.2 Å². The van der Waals surface area contributed by atoms with Gasteiger partial charge in [-0.15, -0.1) is 0 Å². The van der Waals surface area contributed by atoms with Crippen molar-refractivity contribution in [2.24, 2.45) is 0 Å². The average Bonchev–Trinajstić information content (AvgIpc) is 2.56. The van der Waals surface area contributed by atoms with Gasteiger partial charge in [0.05, 0.1) is 23.8 Å². The molecule has 2 rings (SSSR count). The molecule has 0 spiro atoms. The molecular formula is C17H15BrF3NO3. The molecule has 0 atom stereocenters. The standard InChI is InChI=1S/C17H15BrF3NO3/c1-3-25-15-13(18)7-10(8-14(15)24-2)16(23)22-12-6-4-5-11(9-12)17(19,20)21/h4-9H,3H2,1-2H3,(H,22,23). The van der Waals surface area contributed by atoms with Crippen LogP contribution in [0.5, 0.6) is 11.5 Å². The maximum absolute atomic E-state index is 12.7. The highest BCUT2D eigenvalue weighted by molar-refractivity contribution is 9.10. The van der Waals surface area contributed by atoms with Crippen LogP contribution in [0.25, 0.3) is 0 Å². The maximum Gasteiger partial charge on any atom is 0.416 e.